The van der Waals surface area contributed by atoms with Gasteiger partial charge in [0.15, 0.2) is 0 Å². The molecule has 5 nitrogen and oxygen atoms in total. The number of fused-ring (bicyclic) bond motifs is 2. The van der Waals surface area contributed by atoms with Crippen LogP contribution in [0.2, 0.25) is 0 Å². The second kappa shape index (κ2) is 7.09. The molecule has 2 fully saturated rings. The summed E-state index contributed by atoms with van der Waals surface area (Å²) in [5, 5.41) is 3.03. The van der Waals surface area contributed by atoms with Gasteiger partial charge in [-0.05, 0) is 49.8 Å². The third-order valence-electron chi connectivity index (χ3n) is 5.77. The van der Waals surface area contributed by atoms with Gasteiger partial charge in [-0.2, -0.15) is 4.31 Å². The van der Waals surface area contributed by atoms with Gasteiger partial charge in [0.05, 0.1) is 10.9 Å². The van der Waals surface area contributed by atoms with Gasteiger partial charge in [0.25, 0.3) is 0 Å². The molecular formula is C21H24N2O3S. The summed E-state index contributed by atoms with van der Waals surface area (Å²) in [7, 11) is -3.69. The minimum Gasteiger partial charge on any atom is -0.348 e. The van der Waals surface area contributed by atoms with Crippen molar-refractivity contribution in [2.75, 3.05) is 0 Å². The van der Waals surface area contributed by atoms with Crippen LogP contribution >= 0.6 is 0 Å². The van der Waals surface area contributed by atoms with Crippen molar-refractivity contribution in [3.8, 4) is 0 Å². The second-order valence-corrected chi connectivity index (χ2v) is 9.30. The first kappa shape index (κ1) is 18.2. The lowest BCUT2D eigenvalue weighted by Crippen LogP contribution is -2.52. The van der Waals surface area contributed by atoms with E-state index in [1.807, 2.05) is 37.3 Å². The van der Waals surface area contributed by atoms with E-state index in [0.29, 0.717) is 0 Å². The molecule has 2 aliphatic rings. The minimum absolute atomic E-state index is 0.0806. The van der Waals surface area contributed by atoms with E-state index in [2.05, 4.69) is 5.32 Å². The number of nitrogens with one attached hydrogen (secondary N) is 1. The summed E-state index contributed by atoms with van der Waals surface area (Å²) in [6.45, 7) is 1.93. The topological polar surface area (TPSA) is 66.5 Å². The number of amides is 1. The van der Waals surface area contributed by atoms with Crippen molar-refractivity contribution in [1.29, 1.82) is 0 Å². The molecule has 142 valence electrons. The van der Waals surface area contributed by atoms with Crippen molar-refractivity contribution >= 4 is 15.9 Å². The molecule has 0 aromatic heterocycles. The molecule has 1 saturated carbocycles. The zero-order valence-corrected chi connectivity index (χ0v) is 16.1. The van der Waals surface area contributed by atoms with Crippen molar-refractivity contribution in [2.45, 2.75) is 49.2 Å². The molecule has 1 saturated heterocycles. The quantitative estimate of drug-likeness (QED) is 0.861. The Kier molecular flexibility index (Phi) is 4.78. The number of benzene rings is 2. The van der Waals surface area contributed by atoms with Gasteiger partial charge in [0.2, 0.25) is 15.9 Å². The van der Waals surface area contributed by atoms with Crippen LogP contribution in [0.3, 0.4) is 0 Å². The molecule has 1 aliphatic heterocycles. The van der Waals surface area contributed by atoms with Gasteiger partial charge in [-0.25, -0.2) is 8.42 Å². The van der Waals surface area contributed by atoms with Crippen molar-refractivity contribution in [1.82, 2.24) is 9.62 Å². The minimum atomic E-state index is -3.69. The van der Waals surface area contributed by atoms with Crippen LogP contribution in [0, 0.1) is 5.92 Å². The van der Waals surface area contributed by atoms with Crippen molar-refractivity contribution in [3.63, 3.8) is 0 Å². The average molecular weight is 385 g/mol. The number of hydrogen-bond donors (Lipinski definition) is 1. The fourth-order valence-electron chi connectivity index (χ4n) is 4.46. The SMILES string of the molecule is C[C@H](NC(=O)[C@@H]1[C@H]2CC[C@@H](C2)N1S(=O)(=O)c1ccccc1)c1ccccc1. The highest BCUT2D eigenvalue weighted by molar-refractivity contribution is 7.89. The average Bonchev–Trinajstić information content (AvgIpc) is 3.31. The maximum atomic E-state index is 13.2. The Bertz CT molecular complexity index is 915. The third-order valence-corrected chi connectivity index (χ3v) is 7.72. The zero-order valence-electron chi connectivity index (χ0n) is 15.3. The van der Waals surface area contributed by atoms with Crippen LogP contribution in [0.4, 0.5) is 0 Å². The molecule has 2 aromatic carbocycles. The molecule has 6 heteroatoms. The molecule has 0 unspecified atom stereocenters. The van der Waals surface area contributed by atoms with Crippen LogP contribution in [0.5, 0.6) is 0 Å². The first-order valence-corrected chi connectivity index (χ1v) is 10.9. The Morgan fingerprint density at radius 2 is 1.67 bits per heavy atom. The predicted octanol–water partition coefficient (Wildman–Crippen LogP) is 3.11. The largest absolute Gasteiger partial charge is 0.348 e. The molecule has 1 heterocycles. The summed E-state index contributed by atoms with van der Waals surface area (Å²) in [6, 6.07) is 17.3. The number of piperidine rings is 1. The lowest BCUT2D eigenvalue weighted by molar-refractivity contribution is -0.126. The van der Waals surface area contributed by atoms with Crippen LogP contribution in [-0.2, 0) is 14.8 Å². The van der Waals surface area contributed by atoms with E-state index in [4.69, 9.17) is 0 Å². The van der Waals surface area contributed by atoms with Crippen LogP contribution in [0.1, 0.15) is 37.8 Å². The van der Waals surface area contributed by atoms with Gasteiger partial charge in [-0.1, -0.05) is 48.5 Å². The Morgan fingerprint density at radius 3 is 2.33 bits per heavy atom. The summed E-state index contributed by atoms with van der Waals surface area (Å²) in [4.78, 5) is 13.3. The van der Waals surface area contributed by atoms with Crippen molar-refractivity contribution < 1.29 is 13.2 Å². The van der Waals surface area contributed by atoms with E-state index in [-0.39, 0.29) is 28.8 Å². The lowest BCUT2D eigenvalue weighted by Gasteiger charge is -2.34. The molecule has 1 aliphatic carbocycles. The number of rotatable bonds is 5. The van der Waals surface area contributed by atoms with Gasteiger partial charge in [-0.15, -0.1) is 0 Å². The number of carbonyl (C=O) groups excluding carboxylic acids is 1. The number of nitrogens with zero attached hydrogens (tertiary/aromatic N) is 1. The molecule has 1 N–H and O–H groups in total. The van der Waals surface area contributed by atoms with E-state index in [1.165, 1.54) is 4.31 Å². The molecule has 4 rings (SSSR count). The Hall–Kier alpha value is -2.18. The first-order chi connectivity index (χ1) is 13.0. The summed E-state index contributed by atoms with van der Waals surface area (Å²) < 4.78 is 28.0. The van der Waals surface area contributed by atoms with Crippen LogP contribution in [0.15, 0.2) is 65.6 Å². The monoisotopic (exact) mass is 384 g/mol. The molecule has 4 atom stereocenters. The van der Waals surface area contributed by atoms with E-state index in [0.717, 1.165) is 24.8 Å². The lowest BCUT2D eigenvalue weighted by atomic mass is 9.98. The highest BCUT2D eigenvalue weighted by Crippen LogP contribution is 2.45. The fraction of sp³-hybridized carbons (Fsp3) is 0.381. The summed E-state index contributed by atoms with van der Waals surface area (Å²) >= 11 is 0. The number of hydrogen-bond acceptors (Lipinski definition) is 3. The standard InChI is InChI=1S/C21H24N2O3S/c1-15(16-8-4-2-5-9-16)22-21(24)20-17-12-13-18(14-17)23(20)27(25,26)19-10-6-3-7-11-19/h2-11,15,17-18,20H,12-14H2,1H3,(H,22,24)/t15-,17-,18-,20-/m0/s1. The van der Waals surface area contributed by atoms with Gasteiger partial charge < -0.3 is 5.32 Å². The highest BCUT2D eigenvalue weighted by atomic mass is 32.2. The predicted molar refractivity (Wildman–Crippen MR) is 103 cm³/mol. The van der Waals surface area contributed by atoms with Gasteiger partial charge in [0, 0.05) is 6.04 Å². The van der Waals surface area contributed by atoms with Crippen LogP contribution < -0.4 is 5.32 Å². The summed E-state index contributed by atoms with van der Waals surface area (Å²) in [6.07, 6.45) is 2.50. The maximum absolute atomic E-state index is 13.2. The second-order valence-electron chi connectivity index (χ2n) is 7.46. The van der Waals surface area contributed by atoms with Gasteiger partial charge in [-0.3, -0.25) is 4.79 Å². The molecular weight excluding hydrogens is 360 g/mol. The van der Waals surface area contributed by atoms with Gasteiger partial charge >= 0.3 is 0 Å². The number of carbonyl (C=O) groups is 1. The normalized spacial score (nSPS) is 26.0. The van der Waals surface area contributed by atoms with E-state index >= 15 is 0 Å². The van der Waals surface area contributed by atoms with E-state index in [1.54, 1.807) is 30.3 Å². The summed E-state index contributed by atoms with van der Waals surface area (Å²) in [5.41, 5.74) is 1.01. The fourth-order valence-corrected chi connectivity index (χ4v) is 6.35. The first-order valence-electron chi connectivity index (χ1n) is 9.42. The van der Waals surface area contributed by atoms with Crippen LogP contribution in [0.25, 0.3) is 0 Å². The smallest absolute Gasteiger partial charge is 0.244 e. The zero-order chi connectivity index (χ0) is 19.0. The van der Waals surface area contributed by atoms with Gasteiger partial charge in [0.1, 0.15) is 6.04 Å². The van der Waals surface area contributed by atoms with Crippen molar-refractivity contribution in [2.24, 2.45) is 5.92 Å². The third kappa shape index (κ3) is 3.28. The molecule has 27 heavy (non-hydrogen) atoms. The molecule has 2 aromatic rings. The molecule has 0 spiro atoms. The van der Waals surface area contributed by atoms with Crippen molar-refractivity contribution in [3.05, 3.63) is 66.2 Å². The van der Waals surface area contributed by atoms with E-state index < -0.39 is 16.1 Å². The maximum Gasteiger partial charge on any atom is 0.244 e. The molecule has 2 bridgehead atoms. The summed E-state index contributed by atoms with van der Waals surface area (Å²) in [5.74, 6) is -0.102. The Morgan fingerprint density at radius 1 is 1.04 bits per heavy atom. The van der Waals surface area contributed by atoms with E-state index in [9.17, 15) is 13.2 Å². The number of sulfonamides is 1. The molecule has 0 radical (unpaired) electrons. The molecule has 1 amide bonds. The Balaban J connectivity index is 1.60. The van der Waals surface area contributed by atoms with Crippen LogP contribution in [-0.4, -0.2) is 30.7 Å². The highest BCUT2D eigenvalue weighted by Gasteiger charge is 2.54. The Labute approximate surface area is 160 Å².